The summed E-state index contributed by atoms with van der Waals surface area (Å²) in [6.45, 7) is 0. The standard InChI is InChI=1S/C13H9BrN4S/c14-10-2-1-5-16-13(10)19-12-9-4-3-8(15)6-11(9)17-7-18-12/h1-7H,15H2. The Morgan fingerprint density at radius 3 is 2.79 bits per heavy atom. The van der Waals surface area contributed by atoms with Gasteiger partial charge in [-0.1, -0.05) is 0 Å². The molecule has 94 valence electrons. The Hall–Kier alpha value is -1.66. The Kier molecular flexibility index (Phi) is 3.35. The van der Waals surface area contributed by atoms with Crippen LogP contribution < -0.4 is 5.73 Å². The van der Waals surface area contributed by atoms with Crippen LogP contribution in [-0.2, 0) is 0 Å². The van der Waals surface area contributed by atoms with Crippen LogP contribution in [0.15, 0.2) is 57.4 Å². The number of anilines is 1. The lowest BCUT2D eigenvalue weighted by molar-refractivity contribution is 1.07. The maximum atomic E-state index is 5.76. The molecular formula is C13H9BrN4S. The van der Waals surface area contributed by atoms with Crippen LogP contribution in [0.25, 0.3) is 10.9 Å². The smallest absolute Gasteiger partial charge is 0.117 e. The summed E-state index contributed by atoms with van der Waals surface area (Å²) in [5.74, 6) is 0. The molecule has 19 heavy (non-hydrogen) atoms. The molecule has 3 rings (SSSR count). The second-order valence-electron chi connectivity index (χ2n) is 3.85. The number of benzene rings is 1. The molecule has 0 saturated carbocycles. The first-order chi connectivity index (χ1) is 9.24. The summed E-state index contributed by atoms with van der Waals surface area (Å²) in [6, 6.07) is 9.46. The van der Waals surface area contributed by atoms with Gasteiger partial charge in [-0.15, -0.1) is 0 Å². The normalized spacial score (nSPS) is 10.8. The van der Waals surface area contributed by atoms with Crippen LogP contribution in [0.2, 0.25) is 0 Å². The van der Waals surface area contributed by atoms with Gasteiger partial charge in [0.2, 0.25) is 0 Å². The van der Waals surface area contributed by atoms with Crippen LogP contribution in [0.1, 0.15) is 0 Å². The Morgan fingerprint density at radius 2 is 1.95 bits per heavy atom. The first-order valence-corrected chi connectivity index (χ1v) is 7.13. The maximum absolute atomic E-state index is 5.76. The third-order valence-corrected chi connectivity index (χ3v) is 4.48. The van der Waals surface area contributed by atoms with E-state index in [4.69, 9.17) is 5.73 Å². The van der Waals surface area contributed by atoms with E-state index < -0.39 is 0 Å². The van der Waals surface area contributed by atoms with Crippen molar-refractivity contribution in [3.63, 3.8) is 0 Å². The second-order valence-corrected chi connectivity index (χ2v) is 5.68. The van der Waals surface area contributed by atoms with Crippen molar-refractivity contribution >= 4 is 44.3 Å². The lowest BCUT2D eigenvalue weighted by atomic mass is 10.2. The molecule has 0 bridgehead atoms. The number of halogens is 1. The fourth-order valence-corrected chi connectivity index (χ4v) is 3.01. The minimum Gasteiger partial charge on any atom is -0.399 e. The highest BCUT2D eigenvalue weighted by molar-refractivity contribution is 9.10. The molecule has 0 unspecified atom stereocenters. The molecule has 0 aliphatic carbocycles. The number of fused-ring (bicyclic) bond motifs is 1. The van der Waals surface area contributed by atoms with Crippen molar-refractivity contribution in [2.75, 3.05) is 5.73 Å². The Morgan fingerprint density at radius 1 is 1.05 bits per heavy atom. The molecule has 4 nitrogen and oxygen atoms in total. The molecule has 0 fully saturated rings. The first-order valence-electron chi connectivity index (χ1n) is 5.52. The van der Waals surface area contributed by atoms with Crippen molar-refractivity contribution < 1.29 is 0 Å². The van der Waals surface area contributed by atoms with Crippen LogP contribution in [0.5, 0.6) is 0 Å². The number of aromatic nitrogens is 3. The molecule has 0 amide bonds. The minimum atomic E-state index is 0.696. The average Bonchev–Trinajstić information content (AvgIpc) is 2.41. The van der Waals surface area contributed by atoms with Crippen molar-refractivity contribution in [2.45, 2.75) is 10.1 Å². The molecule has 3 aromatic rings. The molecule has 0 aliphatic rings. The number of pyridine rings is 1. The van der Waals surface area contributed by atoms with E-state index in [-0.39, 0.29) is 0 Å². The van der Waals surface area contributed by atoms with E-state index in [2.05, 4.69) is 30.9 Å². The van der Waals surface area contributed by atoms with Gasteiger partial charge in [0.1, 0.15) is 16.4 Å². The Bertz CT molecular complexity index is 748. The predicted molar refractivity (Wildman–Crippen MR) is 80.0 cm³/mol. The number of nitrogens with two attached hydrogens (primary N) is 1. The van der Waals surface area contributed by atoms with Gasteiger partial charge in [0.25, 0.3) is 0 Å². The maximum Gasteiger partial charge on any atom is 0.117 e. The lowest BCUT2D eigenvalue weighted by Gasteiger charge is -2.05. The number of nitrogens with zero attached hydrogens (tertiary/aromatic N) is 3. The van der Waals surface area contributed by atoms with Gasteiger partial charge in [-0.05, 0) is 58.0 Å². The van der Waals surface area contributed by atoms with E-state index in [9.17, 15) is 0 Å². The molecular weight excluding hydrogens is 324 g/mol. The zero-order chi connectivity index (χ0) is 13.2. The van der Waals surface area contributed by atoms with Gasteiger partial charge < -0.3 is 5.73 Å². The second kappa shape index (κ2) is 5.14. The van der Waals surface area contributed by atoms with Gasteiger partial charge >= 0.3 is 0 Å². The van der Waals surface area contributed by atoms with Crippen molar-refractivity contribution in [3.8, 4) is 0 Å². The molecule has 0 saturated heterocycles. The van der Waals surface area contributed by atoms with Gasteiger partial charge in [-0.25, -0.2) is 15.0 Å². The van der Waals surface area contributed by atoms with E-state index in [0.29, 0.717) is 5.69 Å². The summed E-state index contributed by atoms with van der Waals surface area (Å²) < 4.78 is 0.946. The third-order valence-electron chi connectivity index (χ3n) is 2.54. The molecule has 0 aliphatic heterocycles. The van der Waals surface area contributed by atoms with E-state index in [1.807, 2.05) is 30.3 Å². The van der Waals surface area contributed by atoms with Crippen molar-refractivity contribution in [1.82, 2.24) is 15.0 Å². The summed E-state index contributed by atoms with van der Waals surface area (Å²) >= 11 is 4.98. The fraction of sp³-hybridized carbons (Fsp3) is 0. The topological polar surface area (TPSA) is 64.7 Å². The van der Waals surface area contributed by atoms with E-state index in [1.54, 1.807) is 12.5 Å². The largest absolute Gasteiger partial charge is 0.399 e. The molecule has 0 spiro atoms. The molecule has 2 heterocycles. The molecule has 0 radical (unpaired) electrons. The SMILES string of the molecule is Nc1ccc2c(Sc3ncccc3Br)ncnc2c1. The quantitative estimate of drug-likeness (QED) is 0.574. The summed E-state index contributed by atoms with van der Waals surface area (Å²) in [7, 11) is 0. The number of hydrogen-bond acceptors (Lipinski definition) is 5. The van der Waals surface area contributed by atoms with Crippen LogP contribution in [0, 0.1) is 0 Å². The molecule has 1 aromatic carbocycles. The van der Waals surface area contributed by atoms with Crippen LogP contribution in [0.4, 0.5) is 5.69 Å². The van der Waals surface area contributed by atoms with Gasteiger partial charge in [0.05, 0.1) is 9.99 Å². The zero-order valence-corrected chi connectivity index (χ0v) is 12.1. The zero-order valence-electron chi connectivity index (χ0n) is 9.75. The van der Waals surface area contributed by atoms with E-state index >= 15 is 0 Å². The monoisotopic (exact) mass is 332 g/mol. The average molecular weight is 333 g/mol. The summed E-state index contributed by atoms with van der Waals surface area (Å²) in [6.07, 6.45) is 3.30. The predicted octanol–water partition coefficient (Wildman–Crippen LogP) is 3.52. The van der Waals surface area contributed by atoms with Crippen molar-refractivity contribution in [1.29, 1.82) is 0 Å². The molecule has 6 heteroatoms. The third kappa shape index (κ3) is 2.54. The Labute approximate surface area is 122 Å². The van der Waals surface area contributed by atoms with Crippen LogP contribution >= 0.6 is 27.7 Å². The Balaban J connectivity index is 2.09. The molecule has 0 atom stereocenters. The highest BCUT2D eigenvalue weighted by Crippen LogP contribution is 2.33. The molecule has 2 N–H and O–H groups in total. The number of nitrogen functional groups attached to an aromatic ring is 1. The minimum absolute atomic E-state index is 0.696. The van der Waals surface area contributed by atoms with Gasteiger partial charge in [0, 0.05) is 17.3 Å². The summed E-state index contributed by atoms with van der Waals surface area (Å²) in [5, 5.41) is 2.71. The molecule has 2 aromatic heterocycles. The van der Waals surface area contributed by atoms with Gasteiger partial charge in [-0.3, -0.25) is 0 Å². The lowest BCUT2D eigenvalue weighted by Crippen LogP contribution is -1.90. The number of rotatable bonds is 2. The van der Waals surface area contributed by atoms with Gasteiger partial charge in [-0.2, -0.15) is 0 Å². The highest BCUT2D eigenvalue weighted by Gasteiger charge is 2.09. The first kappa shape index (κ1) is 12.4. The van der Waals surface area contributed by atoms with E-state index in [1.165, 1.54) is 11.8 Å². The van der Waals surface area contributed by atoms with Crippen molar-refractivity contribution in [3.05, 3.63) is 47.3 Å². The fourth-order valence-electron chi connectivity index (χ4n) is 1.67. The highest BCUT2D eigenvalue weighted by atomic mass is 79.9. The summed E-state index contributed by atoms with van der Waals surface area (Å²) in [4.78, 5) is 12.9. The van der Waals surface area contributed by atoms with Crippen molar-refractivity contribution in [2.24, 2.45) is 0 Å². The van der Waals surface area contributed by atoms with Gasteiger partial charge in [0.15, 0.2) is 0 Å². The number of hydrogen-bond donors (Lipinski definition) is 1. The summed E-state index contributed by atoms with van der Waals surface area (Å²) in [5.41, 5.74) is 7.30. The van der Waals surface area contributed by atoms with E-state index in [0.717, 1.165) is 25.4 Å². The van der Waals surface area contributed by atoms with Crippen LogP contribution in [0.3, 0.4) is 0 Å². The van der Waals surface area contributed by atoms with Crippen LogP contribution in [-0.4, -0.2) is 15.0 Å².